The molecule has 0 aliphatic rings. The summed E-state index contributed by atoms with van der Waals surface area (Å²) in [4.78, 5) is 59.1. The molecule has 0 aromatic heterocycles. The van der Waals surface area contributed by atoms with E-state index in [2.05, 4.69) is 0 Å². The molecule has 0 aliphatic heterocycles. The van der Waals surface area contributed by atoms with Gasteiger partial charge in [-0.2, -0.15) is 0 Å². The van der Waals surface area contributed by atoms with Crippen molar-refractivity contribution < 1.29 is 43.4 Å². The molecule has 0 saturated carbocycles. The van der Waals surface area contributed by atoms with E-state index in [0.29, 0.717) is 0 Å². The van der Waals surface area contributed by atoms with Crippen molar-refractivity contribution in [1.82, 2.24) is 9.80 Å². The number of nitro groups is 1. The van der Waals surface area contributed by atoms with Crippen molar-refractivity contribution in [3.8, 4) is 0 Å². The van der Waals surface area contributed by atoms with Gasteiger partial charge in [0.2, 0.25) is 0 Å². The van der Waals surface area contributed by atoms with Crippen molar-refractivity contribution in [3.63, 3.8) is 0 Å². The zero-order chi connectivity index (χ0) is 22.4. The predicted octanol–water partition coefficient (Wildman–Crippen LogP) is -1.03. The average Bonchev–Trinajstić information content (AvgIpc) is 2.59. The fourth-order valence-corrected chi connectivity index (χ4v) is 2.31. The van der Waals surface area contributed by atoms with Crippen LogP contribution in [0, 0.1) is 10.1 Å². The Labute approximate surface area is 167 Å². The Balaban J connectivity index is 5.43. The van der Waals surface area contributed by atoms with Gasteiger partial charge >= 0.3 is 30.0 Å². The van der Waals surface area contributed by atoms with Gasteiger partial charge in [-0.05, 0) is 20.8 Å². The summed E-state index contributed by atoms with van der Waals surface area (Å²) >= 11 is 0. The van der Waals surface area contributed by atoms with Crippen molar-refractivity contribution >= 4 is 23.9 Å². The van der Waals surface area contributed by atoms with Crippen LogP contribution in [-0.2, 0) is 33.4 Å². The molecule has 29 heavy (non-hydrogen) atoms. The highest BCUT2D eigenvalue weighted by Crippen LogP contribution is 2.06. The van der Waals surface area contributed by atoms with Crippen LogP contribution < -0.4 is 0 Å². The Morgan fingerprint density at radius 2 is 1.41 bits per heavy atom. The van der Waals surface area contributed by atoms with E-state index in [1.54, 1.807) is 13.8 Å². The Morgan fingerprint density at radius 3 is 1.86 bits per heavy atom. The topological polar surface area (TPSA) is 166 Å². The van der Waals surface area contributed by atoms with E-state index in [1.165, 1.54) is 11.8 Å². The quantitative estimate of drug-likeness (QED) is 0.112. The molecule has 0 aromatic rings. The summed E-state index contributed by atoms with van der Waals surface area (Å²) in [6.07, 6.45) is -1.99. The van der Waals surface area contributed by atoms with Gasteiger partial charge < -0.3 is 19.3 Å². The Morgan fingerprint density at radius 1 is 0.897 bits per heavy atom. The minimum atomic E-state index is -1.99. The summed E-state index contributed by atoms with van der Waals surface area (Å²) < 4.78 is 14.2. The third-order valence-electron chi connectivity index (χ3n) is 3.40. The van der Waals surface area contributed by atoms with Crippen molar-refractivity contribution in [2.45, 2.75) is 26.9 Å². The first-order valence-corrected chi connectivity index (χ1v) is 8.95. The number of aliphatic carboxylic acids is 1. The number of carbonyl (C=O) groups is 4. The van der Waals surface area contributed by atoms with Crippen LogP contribution in [0.5, 0.6) is 0 Å². The maximum atomic E-state index is 12.0. The number of esters is 3. The van der Waals surface area contributed by atoms with Crippen LogP contribution in [0.4, 0.5) is 0 Å². The van der Waals surface area contributed by atoms with E-state index < -0.39 is 48.1 Å². The summed E-state index contributed by atoms with van der Waals surface area (Å²) in [6, 6.07) is 0. The normalized spacial score (nSPS) is 11.8. The van der Waals surface area contributed by atoms with E-state index >= 15 is 0 Å². The Hall–Kier alpha value is -2.80. The number of carbonyl (C=O) groups excluding carboxylic acids is 3. The smallest absolute Gasteiger partial charge is 0.398 e. The van der Waals surface area contributed by atoms with Gasteiger partial charge in [-0.15, -0.1) is 0 Å². The lowest BCUT2D eigenvalue weighted by atomic mass is 10.3. The Kier molecular flexibility index (Phi) is 12.9. The first-order chi connectivity index (χ1) is 13.7. The minimum absolute atomic E-state index is 0.0310. The molecule has 13 nitrogen and oxygen atoms in total. The molecule has 1 atom stereocenters. The summed E-state index contributed by atoms with van der Waals surface area (Å²) in [5.41, 5.74) is 0. The van der Waals surface area contributed by atoms with E-state index in [4.69, 9.17) is 19.3 Å². The fourth-order valence-electron chi connectivity index (χ4n) is 2.31. The summed E-state index contributed by atoms with van der Waals surface area (Å²) in [7, 11) is 0. The van der Waals surface area contributed by atoms with Gasteiger partial charge in [-0.25, -0.2) is 9.69 Å². The van der Waals surface area contributed by atoms with Gasteiger partial charge in [0.1, 0.15) is 6.54 Å². The van der Waals surface area contributed by atoms with Gasteiger partial charge in [0.25, 0.3) is 0 Å². The zero-order valence-corrected chi connectivity index (χ0v) is 16.7. The average molecular weight is 421 g/mol. The van der Waals surface area contributed by atoms with Gasteiger partial charge in [-0.3, -0.25) is 29.4 Å². The molecule has 0 radical (unpaired) electrons. The standard InChI is InChI=1S/C16H27N3O10/c1-4-27-13(22)10-17(9-12(20)21)7-8-18(11-14(23)28-5-2)15(19(25)26)16(24)29-6-3/h15H,4-11H2,1-3H3,(H,20,21). The Bertz CT molecular complexity index is 583. The molecule has 13 heteroatoms. The van der Waals surface area contributed by atoms with Gasteiger partial charge in [0.05, 0.1) is 37.8 Å². The predicted molar refractivity (Wildman–Crippen MR) is 96.3 cm³/mol. The maximum absolute atomic E-state index is 12.0. The van der Waals surface area contributed by atoms with Crippen LogP contribution in [0.3, 0.4) is 0 Å². The largest absolute Gasteiger partial charge is 0.480 e. The van der Waals surface area contributed by atoms with Gasteiger partial charge in [0.15, 0.2) is 0 Å². The number of hydrogen-bond acceptors (Lipinski definition) is 11. The SMILES string of the molecule is CCOC(=O)CN(CCN(CC(=O)OCC)C(C(=O)OCC)[N+](=O)[O-])CC(=O)O. The first-order valence-electron chi connectivity index (χ1n) is 8.95. The molecule has 1 unspecified atom stereocenters. The number of ether oxygens (including phenoxy) is 3. The molecule has 0 saturated heterocycles. The lowest BCUT2D eigenvalue weighted by Crippen LogP contribution is -2.52. The molecule has 0 heterocycles. The van der Waals surface area contributed by atoms with Crippen molar-refractivity contribution in [1.29, 1.82) is 0 Å². The van der Waals surface area contributed by atoms with Crippen molar-refractivity contribution in [3.05, 3.63) is 10.1 Å². The second kappa shape index (κ2) is 14.2. The summed E-state index contributed by atoms with van der Waals surface area (Å²) in [5, 5.41) is 20.4. The molecule has 0 aromatic carbocycles. The van der Waals surface area contributed by atoms with Crippen LogP contribution in [0.2, 0.25) is 0 Å². The highest BCUT2D eigenvalue weighted by atomic mass is 16.6. The zero-order valence-electron chi connectivity index (χ0n) is 16.7. The lowest BCUT2D eigenvalue weighted by molar-refractivity contribution is -0.536. The number of nitrogens with zero attached hydrogens (tertiary/aromatic N) is 3. The van der Waals surface area contributed by atoms with Crippen LogP contribution in [-0.4, -0.2) is 102 Å². The molecular weight excluding hydrogens is 394 g/mol. The molecule has 0 spiro atoms. The lowest BCUT2D eigenvalue weighted by Gasteiger charge is -2.26. The molecule has 0 bridgehead atoms. The third kappa shape index (κ3) is 10.9. The van der Waals surface area contributed by atoms with E-state index in [9.17, 15) is 29.3 Å². The van der Waals surface area contributed by atoms with Crippen molar-refractivity contribution in [2.75, 3.05) is 52.5 Å². The molecule has 166 valence electrons. The first kappa shape index (κ1) is 26.2. The van der Waals surface area contributed by atoms with E-state index in [-0.39, 0.29) is 39.5 Å². The highest BCUT2D eigenvalue weighted by Gasteiger charge is 2.39. The minimum Gasteiger partial charge on any atom is -0.480 e. The number of hydrogen-bond donors (Lipinski definition) is 1. The molecule has 0 amide bonds. The van der Waals surface area contributed by atoms with Crippen LogP contribution in [0.25, 0.3) is 0 Å². The second-order valence-corrected chi connectivity index (χ2v) is 5.60. The fraction of sp³-hybridized carbons (Fsp3) is 0.750. The summed E-state index contributed by atoms with van der Waals surface area (Å²) in [5.74, 6) is -3.89. The van der Waals surface area contributed by atoms with Crippen LogP contribution in [0.1, 0.15) is 20.8 Å². The molecule has 0 aliphatic carbocycles. The molecule has 0 rings (SSSR count). The van der Waals surface area contributed by atoms with Crippen LogP contribution >= 0.6 is 0 Å². The highest BCUT2D eigenvalue weighted by molar-refractivity contribution is 5.76. The second-order valence-electron chi connectivity index (χ2n) is 5.60. The van der Waals surface area contributed by atoms with Crippen LogP contribution in [0.15, 0.2) is 0 Å². The number of rotatable bonds is 15. The van der Waals surface area contributed by atoms with Crippen molar-refractivity contribution in [2.24, 2.45) is 0 Å². The molecule has 1 N–H and O–H groups in total. The number of carboxylic acids is 1. The third-order valence-corrected chi connectivity index (χ3v) is 3.40. The van der Waals surface area contributed by atoms with Gasteiger partial charge in [-0.1, -0.05) is 0 Å². The van der Waals surface area contributed by atoms with E-state index in [0.717, 1.165) is 4.90 Å². The van der Waals surface area contributed by atoms with Gasteiger partial charge in [0, 0.05) is 13.1 Å². The molecule has 0 fully saturated rings. The monoisotopic (exact) mass is 421 g/mol. The molecular formula is C16H27N3O10. The number of carboxylic acid groups (broad SMARTS) is 1. The maximum Gasteiger partial charge on any atom is 0.398 e. The van der Waals surface area contributed by atoms with E-state index in [1.807, 2.05) is 0 Å². The summed E-state index contributed by atoms with van der Waals surface area (Å²) in [6.45, 7) is 2.65.